The Morgan fingerprint density at radius 3 is 1.33 bits per heavy atom. The van der Waals surface area contributed by atoms with Crippen LogP contribution in [0.25, 0.3) is 65.2 Å². The van der Waals surface area contributed by atoms with Gasteiger partial charge in [-0.3, -0.25) is 9.97 Å². The second kappa shape index (κ2) is 10.9. The van der Waals surface area contributed by atoms with Crippen molar-refractivity contribution in [2.75, 3.05) is 0 Å². The van der Waals surface area contributed by atoms with Crippen molar-refractivity contribution in [1.29, 1.82) is 0 Å². The van der Waals surface area contributed by atoms with Crippen molar-refractivity contribution in [2.24, 2.45) is 0 Å². The van der Waals surface area contributed by atoms with Gasteiger partial charge in [-0.25, -0.2) is 0 Å². The van der Waals surface area contributed by atoms with Gasteiger partial charge in [-0.15, -0.1) is 32.7 Å². The quantitative estimate of drug-likeness (QED) is 0.0996. The molecule has 0 bridgehead atoms. The van der Waals surface area contributed by atoms with Crippen LogP contribution >= 0.6 is 0 Å². The summed E-state index contributed by atoms with van der Waals surface area (Å²) in [7, 11) is 0. The molecule has 0 radical (unpaired) electrons. The third kappa shape index (κ3) is 5.12. The topological polar surface area (TPSA) is 35.0 Å². The summed E-state index contributed by atoms with van der Waals surface area (Å²) >= 11 is 0. The first-order chi connectivity index (χ1) is 21.5. The van der Waals surface area contributed by atoms with Gasteiger partial charge in [0.05, 0.1) is 11.0 Å². The van der Waals surface area contributed by atoms with E-state index in [1.54, 1.807) is 0 Å². The largest absolute Gasteiger partial charge is 2.00 e. The molecule has 0 fully saturated rings. The van der Waals surface area contributed by atoms with Gasteiger partial charge in [0.2, 0.25) is 0 Å². The number of pyridine rings is 2. The van der Waals surface area contributed by atoms with Crippen LogP contribution in [0.1, 0.15) is 52.7 Å². The third-order valence-electron chi connectivity index (χ3n) is 8.84. The molecule has 0 atom stereocenters. The van der Waals surface area contributed by atoms with Gasteiger partial charge in [0.15, 0.2) is 0 Å². The van der Waals surface area contributed by atoms with E-state index in [-0.39, 0.29) is 31.9 Å². The van der Waals surface area contributed by atoms with Crippen molar-refractivity contribution in [1.82, 2.24) is 9.97 Å². The summed E-state index contributed by atoms with van der Waals surface area (Å²) < 4.78 is 6.77. The Labute approximate surface area is 283 Å². The SMILES string of the molecule is CC(C)(C)c1cc(Oc2[c-]c3c(ccc4cc5ccccc5nc43)c(C(C)(C)C)c2)[c-]c2c1ccc1cc3ccccc3nc12.[Pt+2]. The van der Waals surface area contributed by atoms with Gasteiger partial charge in [0, 0.05) is 11.5 Å². The molecule has 8 rings (SSSR count). The fourth-order valence-electron chi connectivity index (χ4n) is 6.59. The maximum atomic E-state index is 6.77. The Bertz CT molecular complexity index is 2310. The maximum Gasteiger partial charge on any atom is 2.00 e. The van der Waals surface area contributed by atoms with E-state index in [9.17, 15) is 0 Å². The van der Waals surface area contributed by atoms with Crippen LogP contribution in [-0.4, -0.2) is 9.97 Å². The molecule has 8 aromatic rings. The van der Waals surface area contributed by atoms with Crippen LogP contribution in [0.15, 0.2) is 97.1 Å². The zero-order chi connectivity index (χ0) is 31.1. The molecule has 2 aromatic heterocycles. The van der Waals surface area contributed by atoms with E-state index in [0.717, 1.165) is 65.2 Å². The second-order valence-electron chi connectivity index (χ2n) is 14.2. The van der Waals surface area contributed by atoms with Crippen molar-refractivity contribution in [3.8, 4) is 11.5 Å². The molecule has 2 heterocycles. The van der Waals surface area contributed by atoms with Crippen LogP contribution in [-0.2, 0) is 31.9 Å². The molecule has 6 aromatic carbocycles. The van der Waals surface area contributed by atoms with Crippen LogP contribution in [0.2, 0.25) is 0 Å². The Morgan fingerprint density at radius 1 is 0.500 bits per heavy atom. The average molecular weight is 778 g/mol. The van der Waals surface area contributed by atoms with Gasteiger partial charge < -0.3 is 4.74 Å². The molecule has 0 saturated carbocycles. The molecular weight excluding hydrogens is 744 g/mol. The number of hydrogen-bond acceptors (Lipinski definition) is 3. The summed E-state index contributed by atoms with van der Waals surface area (Å²) in [5, 5.41) is 8.66. The Hall–Kier alpha value is -4.33. The summed E-state index contributed by atoms with van der Waals surface area (Å²) in [6, 6.07) is 41.3. The standard InChI is InChI=1S/C42H34N2O.Pt/c1-41(2,3)35-23-29(21-33-31(35)17-15-27-19-25-11-7-9-13-37(25)43-39(27)33)45-30-22-34-32(36(24-30)42(4,5)6)18-16-28-20-26-12-8-10-14-38(26)44-40(28)34;/h7-20,23-24H,1-6H3;/q-2;+2. The Kier molecular flexibility index (Phi) is 7.18. The first-order valence-corrected chi connectivity index (χ1v) is 15.6. The minimum atomic E-state index is -0.124. The Balaban J connectivity index is 0.00000338. The van der Waals surface area contributed by atoms with E-state index in [0.29, 0.717) is 11.5 Å². The molecule has 0 spiro atoms. The number of rotatable bonds is 2. The summed E-state index contributed by atoms with van der Waals surface area (Å²) in [6.45, 7) is 13.4. The van der Waals surface area contributed by atoms with E-state index >= 15 is 0 Å². The first-order valence-electron chi connectivity index (χ1n) is 15.6. The molecule has 0 aliphatic heterocycles. The molecule has 0 saturated heterocycles. The van der Waals surface area contributed by atoms with Gasteiger partial charge in [0.1, 0.15) is 0 Å². The van der Waals surface area contributed by atoms with Gasteiger partial charge in [-0.1, -0.05) is 139 Å². The smallest absolute Gasteiger partial charge is 0.497 e. The number of aromatic nitrogens is 2. The van der Waals surface area contributed by atoms with Crippen LogP contribution in [0.5, 0.6) is 11.5 Å². The van der Waals surface area contributed by atoms with Crippen molar-refractivity contribution in [2.45, 2.75) is 52.4 Å². The van der Waals surface area contributed by atoms with E-state index in [1.807, 2.05) is 12.1 Å². The molecule has 0 aliphatic rings. The second-order valence-corrected chi connectivity index (χ2v) is 14.2. The summed E-state index contributed by atoms with van der Waals surface area (Å²) in [5.41, 5.74) is 5.95. The number of nitrogens with zero attached hydrogens (tertiary/aromatic N) is 2. The molecular formula is C42H34N2OPt. The fraction of sp³-hybridized carbons (Fsp3) is 0.190. The summed E-state index contributed by atoms with van der Waals surface area (Å²) in [5.74, 6) is 1.31. The predicted octanol–water partition coefficient (Wildman–Crippen LogP) is 11.4. The van der Waals surface area contributed by atoms with E-state index in [2.05, 4.69) is 139 Å². The van der Waals surface area contributed by atoms with E-state index in [1.165, 1.54) is 11.1 Å². The van der Waals surface area contributed by atoms with Crippen LogP contribution in [0.4, 0.5) is 0 Å². The first kappa shape index (κ1) is 30.3. The average Bonchev–Trinajstić information content (AvgIpc) is 3.01. The molecule has 3 nitrogen and oxygen atoms in total. The number of para-hydroxylation sites is 2. The molecule has 0 aliphatic carbocycles. The van der Waals surface area contributed by atoms with Gasteiger partial charge in [-0.2, -0.15) is 0 Å². The predicted molar refractivity (Wildman–Crippen MR) is 189 cm³/mol. The molecule has 228 valence electrons. The van der Waals surface area contributed by atoms with Crippen LogP contribution < -0.4 is 4.74 Å². The van der Waals surface area contributed by atoms with Crippen LogP contribution in [0, 0.1) is 12.1 Å². The van der Waals surface area contributed by atoms with Gasteiger partial charge >= 0.3 is 21.1 Å². The minimum Gasteiger partial charge on any atom is -0.497 e. The maximum absolute atomic E-state index is 6.77. The summed E-state index contributed by atoms with van der Waals surface area (Å²) in [4.78, 5) is 10.2. The fourth-order valence-corrected chi connectivity index (χ4v) is 6.59. The molecule has 46 heavy (non-hydrogen) atoms. The number of fused-ring (bicyclic) bond motifs is 8. The number of ether oxygens (including phenoxy) is 1. The Morgan fingerprint density at radius 2 is 0.913 bits per heavy atom. The number of hydrogen-bond donors (Lipinski definition) is 0. The molecule has 0 unspecified atom stereocenters. The van der Waals surface area contributed by atoms with Crippen LogP contribution in [0.3, 0.4) is 0 Å². The van der Waals surface area contributed by atoms with Gasteiger partial charge in [-0.05, 0) is 55.5 Å². The van der Waals surface area contributed by atoms with E-state index in [4.69, 9.17) is 14.7 Å². The van der Waals surface area contributed by atoms with Gasteiger partial charge in [0.25, 0.3) is 0 Å². The van der Waals surface area contributed by atoms with E-state index < -0.39 is 0 Å². The summed E-state index contributed by atoms with van der Waals surface area (Å²) in [6.07, 6.45) is 0. The monoisotopic (exact) mass is 777 g/mol. The van der Waals surface area contributed by atoms with Crippen molar-refractivity contribution < 1.29 is 25.8 Å². The zero-order valence-corrected chi connectivity index (χ0v) is 29.1. The molecule has 4 heteroatoms. The van der Waals surface area contributed by atoms with Crippen molar-refractivity contribution in [3.63, 3.8) is 0 Å². The van der Waals surface area contributed by atoms with Crippen molar-refractivity contribution >= 4 is 65.2 Å². The number of benzene rings is 6. The minimum absolute atomic E-state index is 0. The molecule has 0 N–H and O–H groups in total. The zero-order valence-electron chi connectivity index (χ0n) is 26.9. The normalized spacial score (nSPS) is 12.4. The van der Waals surface area contributed by atoms with Crippen molar-refractivity contribution in [3.05, 3.63) is 120 Å². The third-order valence-corrected chi connectivity index (χ3v) is 8.84. The molecule has 0 amide bonds.